The van der Waals surface area contributed by atoms with Gasteiger partial charge in [0.15, 0.2) is 0 Å². The first-order valence-electron chi connectivity index (χ1n) is 10.9. The van der Waals surface area contributed by atoms with Gasteiger partial charge >= 0.3 is 5.97 Å². The second kappa shape index (κ2) is 8.88. The fourth-order valence-electron chi connectivity index (χ4n) is 5.00. The number of nitrogens with one attached hydrogen (secondary N) is 1. The summed E-state index contributed by atoms with van der Waals surface area (Å²) in [5.74, 6) is -1.39. The molecule has 1 N–H and O–H groups in total. The largest absolute Gasteiger partial charge is 0.465 e. The van der Waals surface area contributed by atoms with E-state index in [0.717, 1.165) is 68.2 Å². The van der Waals surface area contributed by atoms with Crippen molar-refractivity contribution in [3.05, 3.63) is 16.0 Å². The molecule has 2 aliphatic carbocycles. The summed E-state index contributed by atoms with van der Waals surface area (Å²) in [6, 6.07) is 0. The first kappa shape index (κ1) is 21.0. The number of anilines is 1. The van der Waals surface area contributed by atoms with Crippen LogP contribution in [-0.4, -0.2) is 42.2 Å². The van der Waals surface area contributed by atoms with Crippen molar-refractivity contribution in [3.63, 3.8) is 0 Å². The molecular formula is C22H28N2O5S. The van der Waals surface area contributed by atoms with Crippen LogP contribution in [0.3, 0.4) is 0 Å². The Balaban J connectivity index is 1.44. The van der Waals surface area contributed by atoms with Crippen molar-refractivity contribution in [1.29, 1.82) is 0 Å². The summed E-state index contributed by atoms with van der Waals surface area (Å²) in [7, 11) is 1.35. The van der Waals surface area contributed by atoms with Gasteiger partial charge in [0.05, 0.1) is 24.5 Å². The van der Waals surface area contributed by atoms with Crippen LogP contribution >= 0.6 is 11.3 Å². The molecule has 1 aromatic rings. The summed E-state index contributed by atoms with van der Waals surface area (Å²) in [5, 5.41) is 3.37. The predicted octanol–water partition coefficient (Wildman–Crippen LogP) is 3.31. The molecule has 1 aromatic heterocycles. The highest BCUT2D eigenvalue weighted by atomic mass is 32.1. The zero-order valence-corrected chi connectivity index (χ0v) is 18.1. The Morgan fingerprint density at radius 1 is 1.03 bits per heavy atom. The van der Waals surface area contributed by atoms with Crippen LogP contribution in [-0.2, 0) is 32.0 Å². The molecule has 3 aliphatic rings. The molecule has 0 spiro atoms. The quantitative estimate of drug-likeness (QED) is 0.438. The van der Waals surface area contributed by atoms with Gasteiger partial charge in [0.1, 0.15) is 5.00 Å². The van der Waals surface area contributed by atoms with Gasteiger partial charge in [-0.15, -0.1) is 11.3 Å². The summed E-state index contributed by atoms with van der Waals surface area (Å²) in [6.07, 6.45) is 8.45. The van der Waals surface area contributed by atoms with Crippen molar-refractivity contribution in [2.75, 3.05) is 19.0 Å². The first-order valence-corrected chi connectivity index (χ1v) is 11.7. The number of rotatable bonds is 5. The van der Waals surface area contributed by atoms with Crippen molar-refractivity contribution in [3.8, 4) is 0 Å². The van der Waals surface area contributed by atoms with Gasteiger partial charge in [-0.3, -0.25) is 19.3 Å². The Kier molecular flexibility index (Phi) is 6.22. The number of nitrogens with zero attached hydrogens (tertiary/aromatic N) is 1. The second-order valence-corrected chi connectivity index (χ2v) is 9.49. The number of aryl methyl sites for hydroxylation is 1. The second-order valence-electron chi connectivity index (χ2n) is 8.38. The minimum absolute atomic E-state index is 0.0279. The maximum absolute atomic E-state index is 12.6. The molecule has 2 fully saturated rings. The smallest absolute Gasteiger partial charge is 0.341 e. The molecule has 7 nitrogen and oxygen atoms in total. The molecule has 162 valence electrons. The molecule has 2 heterocycles. The van der Waals surface area contributed by atoms with Gasteiger partial charge in [0.2, 0.25) is 17.7 Å². The van der Waals surface area contributed by atoms with Crippen LogP contribution in [0.4, 0.5) is 5.00 Å². The van der Waals surface area contributed by atoms with Crippen molar-refractivity contribution in [2.24, 2.45) is 11.8 Å². The maximum atomic E-state index is 12.6. The van der Waals surface area contributed by atoms with E-state index in [-0.39, 0.29) is 42.5 Å². The molecule has 0 bridgehead atoms. The molecule has 4 rings (SSSR count). The number of methoxy groups -OCH3 is 1. The maximum Gasteiger partial charge on any atom is 0.341 e. The number of imide groups is 1. The van der Waals surface area contributed by atoms with Crippen LogP contribution in [0.1, 0.15) is 72.2 Å². The molecule has 2 atom stereocenters. The van der Waals surface area contributed by atoms with E-state index >= 15 is 0 Å². The Morgan fingerprint density at radius 2 is 1.70 bits per heavy atom. The third-order valence-electron chi connectivity index (χ3n) is 6.56. The third-order valence-corrected chi connectivity index (χ3v) is 7.77. The van der Waals surface area contributed by atoms with E-state index in [1.54, 1.807) is 0 Å². The highest BCUT2D eigenvalue weighted by Gasteiger charge is 2.47. The number of carbonyl (C=O) groups is 4. The molecule has 1 saturated carbocycles. The summed E-state index contributed by atoms with van der Waals surface area (Å²) in [6.45, 7) is 0.0924. The molecular weight excluding hydrogens is 404 g/mol. The third kappa shape index (κ3) is 3.89. The van der Waals surface area contributed by atoms with Crippen molar-refractivity contribution in [2.45, 2.75) is 64.2 Å². The normalized spacial score (nSPS) is 23.6. The average Bonchev–Trinajstić information content (AvgIpc) is 3.08. The first-order chi connectivity index (χ1) is 14.5. The highest BCUT2D eigenvalue weighted by Crippen LogP contribution is 2.39. The summed E-state index contributed by atoms with van der Waals surface area (Å²) in [5.41, 5.74) is 1.46. The van der Waals surface area contributed by atoms with Gasteiger partial charge in [-0.2, -0.15) is 0 Å². The number of ether oxygens (including phenoxy) is 1. The van der Waals surface area contributed by atoms with Gasteiger partial charge in [0.25, 0.3) is 0 Å². The van der Waals surface area contributed by atoms with Crippen LogP contribution in [0, 0.1) is 11.8 Å². The number of hydrogen-bond donors (Lipinski definition) is 1. The average molecular weight is 433 g/mol. The number of amides is 3. The zero-order valence-electron chi connectivity index (χ0n) is 17.3. The standard InChI is InChI=1S/C22H28N2O5S/c1-29-22(28)18-15-9-3-2-4-10-16(15)30-19(18)23-17(25)11-12-24-20(26)13-7-5-6-8-14(13)21(24)27/h13-14H,2-12H2,1H3,(H,23,25)/t13-,14-/m1/s1. The van der Waals surface area contributed by atoms with Crippen LogP contribution in [0.2, 0.25) is 0 Å². The van der Waals surface area contributed by atoms with Gasteiger partial charge in [0, 0.05) is 17.8 Å². The Bertz CT molecular complexity index is 853. The Morgan fingerprint density at radius 3 is 2.37 bits per heavy atom. The van der Waals surface area contributed by atoms with Crippen LogP contribution in [0.15, 0.2) is 0 Å². The molecule has 0 radical (unpaired) electrons. The monoisotopic (exact) mass is 432 g/mol. The molecule has 1 aliphatic heterocycles. The van der Waals surface area contributed by atoms with Crippen LogP contribution in [0.5, 0.6) is 0 Å². The van der Waals surface area contributed by atoms with Gasteiger partial charge < -0.3 is 10.1 Å². The number of hydrogen-bond acceptors (Lipinski definition) is 6. The van der Waals surface area contributed by atoms with E-state index < -0.39 is 5.97 Å². The molecule has 0 aromatic carbocycles. The minimum Gasteiger partial charge on any atom is -0.465 e. The lowest BCUT2D eigenvalue weighted by Crippen LogP contribution is -2.34. The number of likely N-dealkylation sites (tertiary alicyclic amines) is 1. The SMILES string of the molecule is COC(=O)c1c(NC(=O)CCN2C(=O)[C@@H]3CCCC[C@H]3C2=O)sc2c1CCCCC2. The van der Waals surface area contributed by atoms with Gasteiger partial charge in [-0.1, -0.05) is 19.3 Å². The summed E-state index contributed by atoms with van der Waals surface area (Å²) < 4.78 is 4.97. The lowest BCUT2D eigenvalue weighted by Gasteiger charge is -2.19. The van der Waals surface area contributed by atoms with E-state index in [1.807, 2.05) is 0 Å². The molecule has 8 heteroatoms. The van der Waals surface area contributed by atoms with Crippen LogP contribution < -0.4 is 5.32 Å². The van der Waals surface area contributed by atoms with Crippen LogP contribution in [0.25, 0.3) is 0 Å². The number of fused-ring (bicyclic) bond motifs is 2. The van der Waals surface area contributed by atoms with E-state index in [1.165, 1.54) is 23.3 Å². The fourth-order valence-corrected chi connectivity index (χ4v) is 6.30. The lowest BCUT2D eigenvalue weighted by atomic mass is 9.81. The van der Waals surface area contributed by atoms with E-state index in [9.17, 15) is 19.2 Å². The predicted molar refractivity (Wildman–Crippen MR) is 112 cm³/mol. The van der Waals surface area contributed by atoms with Crippen molar-refractivity contribution < 1.29 is 23.9 Å². The number of carbonyl (C=O) groups excluding carboxylic acids is 4. The molecule has 30 heavy (non-hydrogen) atoms. The van der Waals surface area contributed by atoms with Crippen molar-refractivity contribution >= 4 is 40.0 Å². The van der Waals surface area contributed by atoms with Crippen molar-refractivity contribution in [1.82, 2.24) is 4.90 Å². The minimum atomic E-state index is -0.432. The Labute approximate surface area is 180 Å². The fraction of sp³-hybridized carbons (Fsp3) is 0.636. The number of esters is 1. The Hall–Kier alpha value is -2.22. The van der Waals surface area contributed by atoms with E-state index in [2.05, 4.69) is 5.32 Å². The van der Waals surface area contributed by atoms with E-state index in [4.69, 9.17) is 4.74 Å². The molecule has 3 amide bonds. The lowest BCUT2D eigenvalue weighted by molar-refractivity contribution is -0.140. The topological polar surface area (TPSA) is 92.8 Å². The zero-order chi connectivity index (χ0) is 21.3. The van der Waals surface area contributed by atoms with E-state index in [0.29, 0.717) is 10.6 Å². The summed E-state index contributed by atoms with van der Waals surface area (Å²) >= 11 is 1.44. The van der Waals surface area contributed by atoms with Gasteiger partial charge in [-0.25, -0.2) is 4.79 Å². The molecule has 0 unspecified atom stereocenters. The van der Waals surface area contributed by atoms with Gasteiger partial charge in [-0.05, 0) is 44.1 Å². The summed E-state index contributed by atoms with van der Waals surface area (Å²) in [4.78, 5) is 52.6. The highest BCUT2D eigenvalue weighted by molar-refractivity contribution is 7.17. The number of thiophene rings is 1. The molecule has 1 saturated heterocycles.